The zero-order chi connectivity index (χ0) is 14.0. The molecule has 104 valence electrons. The SMILES string of the molecule is CC(C)(CNC(=O)CN1CCCS1(=O)=O)C(=O)O. The molecule has 8 heteroatoms. The van der Waals surface area contributed by atoms with Gasteiger partial charge in [-0.25, -0.2) is 8.42 Å². The normalized spacial score (nSPS) is 19.7. The minimum atomic E-state index is -3.30. The lowest BCUT2D eigenvalue weighted by atomic mass is 9.94. The molecule has 0 aromatic rings. The Hall–Kier alpha value is -1.15. The van der Waals surface area contributed by atoms with Gasteiger partial charge < -0.3 is 10.4 Å². The van der Waals surface area contributed by atoms with Crippen LogP contribution in [-0.4, -0.2) is 55.1 Å². The second-order valence-corrected chi connectivity index (χ2v) is 7.06. The summed E-state index contributed by atoms with van der Waals surface area (Å²) in [5.41, 5.74) is -1.07. The van der Waals surface area contributed by atoms with E-state index in [-0.39, 0.29) is 18.8 Å². The Kier molecular flexibility index (Phi) is 4.33. The molecular weight excluding hydrogens is 260 g/mol. The lowest BCUT2D eigenvalue weighted by molar-refractivity contribution is -0.146. The minimum Gasteiger partial charge on any atom is -0.481 e. The van der Waals surface area contributed by atoms with E-state index in [4.69, 9.17) is 5.11 Å². The molecule has 7 nitrogen and oxygen atoms in total. The third-order valence-corrected chi connectivity index (χ3v) is 4.73. The van der Waals surface area contributed by atoms with Crippen molar-refractivity contribution >= 4 is 21.9 Å². The zero-order valence-corrected chi connectivity index (χ0v) is 11.3. The number of nitrogens with zero attached hydrogens (tertiary/aromatic N) is 1. The number of aliphatic carboxylic acids is 1. The lowest BCUT2D eigenvalue weighted by Gasteiger charge is -2.20. The van der Waals surface area contributed by atoms with Gasteiger partial charge >= 0.3 is 5.97 Å². The largest absolute Gasteiger partial charge is 0.481 e. The van der Waals surface area contributed by atoms with Crippen LogP contribution < -0.4 is 5.32 Å². The standard InChI is InChI=1S/C10H18N2O5S/c1-10(2,9(14)15)7-11-8(13)6-12-4-3-5-18(12,16)17/h3-7H2,1-2H3,(H,11,13)(H,14,15). The van der Waals surface area contributed by atoms with Crippen molar-refractivity contribution in [3.8, 4) is 0 Å². The molecule has 0 unspecified atom stereocenters. The Morgan fingerprint density at radius 3 is 2.44 bits per heavy atom. The van der Waals surface area contributed by atoms with E-state index in [0.717, 1.165) is 4.31 Å². The van der Waals surface area contributed by atoms with Crippen molar-refractivity contribution in [3.63, 3.8) is 0 Å². The van der Waals surface area contributed by atoms with Crippen molar-refractivity contribution in [2.45, 2.75) is 20.3 Å². The molecule has 1 amide bonds. The lowest BCUT2D eigenvalue weighted by Crippen LogP contribution is -2.43. The summed E-state index contributed by atoms with van der Waals surface area (Å²) in [7, 11) is -3.30. The molecule has 0 spiro atoms. The molecule has 1 heterocycles. The summed E-state index contributed by atoms with van der Waals surface area (Å²) < 4.78 is 24.0. The van der Waals surface area contributed by atoms with Gasteiger partial charge in [-0.05, 0) is 20.3 Å². The predicted octanol–water partition coefficient (Wildman–Crippen LogP) is -0.751. The number of nitrogens with one attached hydrogen (secondary N) is 1. The molecular formula is C10H18N2O5S. The van der Waals surface area contributed by atoms with Crippen molar-refractivity contribution < 1.29 is 23.1 Å². The molecule has 2 N–H and O–H groups in total. The van der Waals surface area contributed by atoms with Crippen LogP contribution in [0.5, 0.6) is 0 Å². The Bertz CT molecular complexity index is 443. The van der Waals surface area contributed by atoms with E-state index >= 15 is 0 Å². The highest BCUT2D eigenvalue weighted by atomic mass is 32.2. The van der Waals surface area contributed by atoms with Gasteiger partial charge in [-0.1, -0.05) is 0 Å². The quantitative estimate of drug-likeness (QED) is 0.688. The summed E-state index contributed by atoms with van der Waals surface area (Å²) in [4.78, 5) is 22.4. The minimum absolute atomic E-state index is 0.0327. The molecule has 1 aliphatic heterocycles. The fourth-order valence-electron chi connectivity index (χ4n) is 1.48. The van der Waals surface area contributed by atoms with Gasteiger partial charge in [-0.2, -0.15) is 4.31 Å². The van der Waals surface area contributed by atoms with Crippen LogP contribution >= 0.6 is 0 Å². The second-order valence-electron chi connectivity index (χ2n) is 4.97. The number of carbonyl (C=O) groups is 2. The van der Waals surface area contributed by atoms with Crippen molar-refractivity contribution in [3.05, 3.63) is 0 Å². The molecule has 1 rings (SSSR count). The van der Waals surface area contributed by atoms with Crippen LogP contribution in [0.15, 0.2) is 0 Å². The van der Waals surface area contributed by atoms with Crippen LogP contribution in [0.4, 0.5) is 0 Å². The number of sulfonamides is 1. The maximum Gasteiger partial charge on any atom is 0.310 e. The average molecular weight is 278 g/mol. The van der Waals surface area contributed by atoms with Gasteiger partial charge in [0.2, 0.25) is 15.9 Å². The number of carbonyl (C=O) groups excluding carboxylic acids is 1. The number of carboxylic acid groups (broad SMARTS) is 1. The van der Waals surface area contributed by atoms with Gasteiger partial charge in [0.05, 0.1) is 17.7 Å². The summed E-state index contributed by atoms with van der Waals surface area (Å²) in [5, 5.41) is 11.3. The highest BCUT2D eigenvalue weighted by Gasteiger charge is 2.31. The third-order valence-electron chi connectivity index (χ3n) is 2.83. The summed E-state index contributed by atoms with van der Waals surface area (Å²) in [6.07, 6.45) is 0.524. The van der Waals surface area contributed by atoms with Crippen LogP contribution in [0.25, 0.3) is 0 Å². The Labute approximate surface area is 106 Å². The van der Waals surface area contributed by atoms with Gasteiger partial charge in [0, 0.05) is 13.1 Å². The monoisotopic (exact) mass is 278 g/mol. The van der Waals surface area contributed by atoms with Gasteiger partial charge in [0.25, 0.3) is 0 Å². The molecule has 18 heavy (non-hydrogen) atoms. The van der Waals surface area contributed by atoms with Crippen LogP contribution in [-0.2, 0) is 19.6 Å². The molecule has 0 aliphatic carbocycles. The van der Waals surface area contributed by atoms with Crippen molar-refractivity contribution in [1.82, 2.24) is 9.62 Å². The molecule has 0 atom stereocenters. The summed E-state index contributed by atoms with van der Waals surface area (Å²) in [6.45, 7) is 3.05. The van der Waals surface area contributed by atoms with E-state index < -0.39 is 27.3 Å². The Balaban J connectivity index is 2.46. The molecule has 0 aromatic heterocycles. The number of hydrogen-bond acceptors (Lipinski definition) is 4. The van der Waals surface area contributed by atoms with Crippen LogP contribution in [0, 0.1) is 5.41 Å². The van der Waals surface area contributed by atoms with Gasteiger partial charge in [0.1, 0.15) is 0 Å². The Morgan fingerprint density at radius 2 is 2.00 bits per heavy atom. The van der Waals surface area contributed by atoms with Crippen molar-refractivity contribution in [2.24, 2.45) is 5.41 Å². The number of rotatable bonds is 5. The van der Waals surface area contributed by atoms with Gasteiger partial charge in [-0.3, -0.25) is 9.59 Å². The summed E-state index contributed by atoms with van der Waals surface area (Å²) in [6, 6.07) is 0. The van der Waals surface area contributed by atoms with Gasteiger partial charge in [0.15, 0.2) is 0 Å². The third kappa shape index (κ3) is 3.67. The van der Waals surface area contributed by atoms with Crippen LogP contribution in [0.2, 0.25) is 0 Å². The first-order valence-corrected chi connectivity index (χ1v) is 7.24. The maximum atomic E-state index is 11.5. The van der Waals surface area contributed by atoms with Crippen molar-refractivity contribution in [2.75, 3.05) is 25.4 Å². The predicted molar refractivity (Wildman–Crippen MR) is 64.4 cm³/mol. The van der Waals surface area contributed by atoms with Crippen LogP contribution in [0.1, 0.15) is 20.3 Å². The van der Waals surface area contributed by atoms with E-state index in [1.807, 2.05) is 0 Å². The topological polar surface area (TPSA) is 104 Å². The van der Waals surface area contributed by atoms with E-state index in [9.17, 15) is 18.0 Å². The highest BCUT2D eigenvalue weighted by Crippen LogP contribution is 2.14. The molecule has 0 aromatic carbocycles. The number of amides is 1. The molecule has 1 saturated heterocycles. The summed E-state index contributed by atoms with van der Waals surface area (Å²) >= 11 is 0. The number of hydrogen-bond donors (Lipinski definition) is 2. The summed E-state index contributed by atoms with van der Waals surface area (Å²) in [5.74, 6) is -1.42. The Morgan fingerprint density at radius 1 is 1.39 bits per heavy atom. The van der Waals surface area contributed by atoms with E-state index in [0.29, 0.717) is 13.0 Å². The van der Waals surface area contributed by atoms with E-state index in [1.165, 1.54) is 13.8 Å². The molecule has 1 fully saturated rings. The fraction of sp³-hybridized carbons (Fsp3) is 0.800. The first-order chi connectivity index (χ1) is 8.15. The molecule has 1 aliphatic rings. The maximum absolute atomic E-state index is 11.5. The smallest absolute Gasteiger partial charge is 0.310 e. The first-order valence-electron chi connectivity index (χ1n) is 5.63. The first kappa shape index (κ1) is 14.9. The molecule has 0 saturated carbocycles. The highest BCUT2D eigenvalue weighted by molar-refractivity contribution is 7.89. The van der Waals surface area contributed by atoms with Gasteiger partial charge in [-0.15, -0.1) is 0 Å². The van der Waals surface area contributed by atoms with Crippen LogP contribution in [0.3, 0.4) is 0 Å². The average Bonchev–Trinajstić information content (AvgIpc) is 2.55. The number of carboxylic acids is 1. The van der Waals surface area contributed by atoms with Crippen molar-refractivity contribution in [1.29, 1.82) is 0 Å². The zero-order valence-electron chi connectivity index (χ0n) is 10.5. The van der Waals surface area contributed by atoms with E-state index in [1.54, 1.807) is 0 Å². The fourth-order valence-corrected chi connectivity index (χ4v) is 2.95. The molecule has 0 bridgehead atoms. The second kappa shape index (κ2) is 5.23. The van der Waals surface area contributed by atoms with E-state index in [2.05, 4.69) is 5.32 Å². The molecule has 0 radical (unpaired) electrons.